The Labute approximate surface area is 118 Å². The number of nitrogens with two attached hydrogens (primary N) is 1. The number of hydrogen-bond acceptors (Lipinski definition) is 5. The molecule has 3 atom stereocenters. The number of hydrogen-bond donors (Lipinski definition) is 4. The van der Waals surface area contributed by atoms with Crippen molar-refractivity contribution in [2.75, 3.05) is 13.2 Å². The van der Waals surface area contributed by atoms with Crippen LogP contribution in [0.15, 0.2) is 0 Å². The molecule has 7 nitrogen and oxygen atoms in total. The van der Waals surface area contributed by atoms with E-state index in [0.29, 0.717) is 13.0 Å². The van der Waals surface area contributed by atoms with Crippen molar-refractivity contribution in [3.63, 3.8) is 0 Å². The van der Waals surface area contributed by atoms with Gasteiger partial charge in [0.25, 0.3) is 0 Å². The number of ether oxygens (including phenoxy) is 1. The zero-order valence-electron chi connectivity index (χ0n) is 12.2. The highest BCUT2D eigenvalue weighted by atomic mass is 16.5. The first-order valence-corrected chi connectivity index (χ1v) is 6.76. The topological polar surface area (TPSA) is 122 Å². The maximum absolute atomic E-state index is 12.1. The molecule has 0 bridgehead atoms. The molecular weight excluding hydrogens is 264 g/mol. The van der Waals surface area contributed by atoms with E-state index in [0.717, 1.165) is 0 Å². The highest BCUT2D eigenvalue weighted by molar-refractivity contribution is 5.88. The number of aliphatic hydroxyl groups is 1. The molecule has 3 unspecified atom stereocenters. The normalized spacial score (nSPS) is 29.4. The molecule has 116 valence electrons. The lowest BCUT2D eigenvalue weighted by atomic mass is 9.54. The molecule has 1 aliphatic rings. The second-order valence-electron chi connectivity index (χ2n) is 5.74. The second-order valence-corrected chi connectivity index (χ2v) is 5.74. The summed E-state index contributed by atoms with van der Waals surface area (Å²) in [5.74, 6) is -1.64. The van der Waals surface area contributed by atoms with Gasteiger partial charge >= 0.3 is 5.97 Å². The van der Waals surface area contributed by atoms with Crippen molar-refractivity contribution in [3.05, 3.63) is 0 Å². The van der Waals surface area contributed by atoms with Gasteiger partial charge in [0.2, 0.25) is 5.91 Å². The number of amides is 1. The summed E-state index contributed by atoms with van der Waals surface area (Å²) in [6.07, 6.45) is -1.16. The Morgan fingerprint density at radius 1 is 1.50 bits per heavy atom. The fourth-order valence-corrected chi connectivity index (χ4v) is 2.42. The minimum atomic E-state index is -1.48. The van der Waals surface area contributed by atoms with Crippen molar-refractivity contribution >= 4 is 11.9 Å². The molecule has 0 saturated heterocycles. The van der Waals surface area contributed by atoms with Crippen LogP contribution in [0.4, 0.5) is 0 Å². The van der Waals surface area contributed by atoms with Crippen LogP contribution >= 0.6 is 0 Å². The molecule has 0 aromatic heterocycles. The molecule has 1 saturated carbocycles. The van der Waals surface area contributed by atoms with Crippen LogP contribution in [0.25, 0.3) is 0 Å². The van der Waals surface area contributed by atoms with E-state index in [4.69, 9.17) is 20.7 Å². The summed E-state index contributed by atoms with van der Waals surface area (Å²) in [7, 11) is 0. The predicted octanol–water partition coefficient (Wildman–Crippen LogP) is -0.529. The van der Waals surface area contributed by atoms with Gasteiger partial charge < -0.3 is 26.0 Å². The number of carbonyl (C=O) groups excluding carboxylic acids is 1. The van der Waals surface area contributed by atoms with Gasteiger partial charge in [-0.1, -0.05) is 13.8 Å². The van der Waals surface area contributed by atoms with Crippen molar-refractivity contribution in [3.8, 4) is 0 Å². The summed E-state index contributed by atoms with van der Waals surface area (Å²) >= 11 is 0. The summed E-state index contributed by atoms with van der Waals surface area (Å²) in [5.41, 5.74) is 4.64. The van der Waals surface area contributed by atoms with Crippen LogP contribution in [0.5, 0.6) is 0 Å². The first-order valence-electron chi connectivity index (χ1n) is 6.76. The fourth-order valence-electron chi connectivity index (χ4n) is 2.42. The molecular formula is C13H24N2O5. The van der Waals surface area contributed by atoms with Crippen LogP contribution in [-0.2, 0) is 14.3 Å². The van der Waals surface area contributed by atoms with E-state index < -0.39 is 23.0 Å². The number of aliphatic carboxylic acids is 1. The average Bonchev–Trinajstić information content (AvgIpc) is 2.37. The van der Waals surface area contributed by atoms with E-state index in [-0.39, 0.29) is 25.0 Å². The van der Waals surface area contributed by atoms with Crippen LogP contribution in [0, 0.1) is 5.41 Å². The number of rotatable bonds is 7. The van der Waals surface area contributed by atoms with Gasteiger partial charge in [-0.15, -0.1) is 0 Å². The number of aliphatic hydroxyl groups excluding tert-OH is 1. The molecule has 0 heterocycles. The second kappa shape index (κ2) is 6.07. The monoisotopic (exact) mass is 288 g/mol. The summed E-state index contributed by atoms with van der Waals surface area (Å²) in [5, 5.41) is 20.2. The maximum atomic E-state index is 12.1. The lowest BCUT2D eigenvalue weighted by Gasteiger charge is -2.57. The van der Waals surface area contributed by atoms with E-state index in [9.17, 15) is 9.59 Å². The highest BCUT2D eigenvalue weighted by Gasteiger charge is 2.62. The van der Waals surface area contributed by atoms with Gasteiger partial charge in [-0.25, -0.2) is 4.79 Å². The van der Waals surface area contributed by atoms with Gasteiger partial charge in [-0.3, -0.25) is 4.79 Å². The van der Waals surface area contributed by atoms with Gasteiger partial charge in [-0.05, 0) is 6.92 Å². The number of carboxylic acid groups (broad SMARTS) is 1. The highest BCUT2D eigenvalue weighted by Crippen LogP contribution is 2.49. The summed E-state index contributed by atoms with van der Waals surface area (Å²) < 4.78 is 5.54. The molecule has 5 N–H and O–H groups in total. The Morgan fingerprint density at radius 2 is 2.10 bits per heavy atom. The quantitative estimate of drug-likeness (QED) is 0.499. The third-order valence-corrected chi connectivity index (χ3v) is 4.22. The Bertz CT molecular complexity index is 385. The zero-order valence-corrected chi connectivity index (χ0v) is 12.2. The average molecular weight is 288 g/mol. The van der Waals surface area contributed by atoms with E-state index in [1.807, 2.05) is 20.8 Å². The van der Waals surface area contributed by atoms with Crippen LogP contribution in [0.3, 0.4) is 0 Å². The number of carbonyl (C=O) groups is 2. The first-order chi connectivity index (χ1) is 9.16. The molecule has 1 rings (SSSR count). The van der Waals surface area contributed by atoms with Gasteiger partial charge in [0.15, 0.2) is 6.10 Å². The molecule has 1 aliphatic carbocycles. The van der Waals surface area contributed by atoms with Crippen LogP contribution in [-0.4, -0.2) is 53.0 Å². The van der Waals surface area contributed by atoms with Crippen LogP contribution < -0.4 is 11.1 Å². The van der Waals surface area contributed by atoms with Crippen LogP contribution in [0.2, 0.25) is 0 Å². The minimum absolute atomic E-state index is 0.0491. The van der Waals surface area contributed by atoms with Gasteiger partial charge in [0, 0.05) is 31.4 Å². The van der Waals surface area contributed by atoms with Gasteiger partial charge in [-0.2, -0.15) is 0 Å². The van der Waals surface area contributed by atoms with Crippen molar-refractivity contribution in [1.82, 2.24) is 5.32 Å². The van der Waals surface area contributed by atoms with Gasteiger partial charge in [0.1, 0.15) is 5.54 Å². The zero-order chi connectivity index (χ0) is 15.6. The largest absolute Gasteiger partial charge is 0.479 e. The van der Waals surface area contributed by atoms with E-state index >= 15 is 0 Å². The third kappa shape index (κ3) is 2.94. The van der Waals surface area contributed by atoms with Crippen molar-refractivity contribution in [1.29, 1.82) is 0 Å². The summed E-state index contributed by atoms with van der Waals surface area (Å²) in [4.78, 5) is 22.6. The Balaban J connectivity index is 2.50. The number of nitrogens with one attached hydrogen (secondary N) is 1. The molecule has 1 fully saturated rings. The SMILES string of the molecule is CCOC1CC(N)(C(=O)NCCC(O)C(=O)O)C1(C)C. The molecule has 0 aliphatic heterocycles. The molecule has 0 aromatic rings. The standard InChI is InChI=1S/C13H24N2O5/c1-4-20-9-7-13(14,12(9,2)3)11(19)15-6-5-8(16)10(17)18/h8-9,16H,4-7,14H2,1-3H3,(H,15,19)(H,17,18). The lowest BCUT2D eigenvalue weighted by molar-refractivity contribution is -0.170. The Morgan fingerprint density at radius 3 is 2.55 bits per heavy atom. The Hall–Kier alpha value is -1.18. The van der Waals surface area contributed by atoms with Crippen molar-refractivity contribution in [2.45, 2.75) is 51.4 Å². The van der Waals surface area contributed by atoms with Gasteiger partial charge in [0.05, 0.1) is 6.10 Å². The van der Waals surface area contributed by atoms with Crippen molar-refractivity contribution < 1.29 is 24.5 Å². The van der Waals surface area contributed by atoms with E-state index in [1.54, 1.807) is 0 Å². The third-order valence-electron chi connectivity index (χ3n) is 4.22. The molecule has 1 amide bonds. The van der Waals surface area contributed by atoms with Crippen molar-refractivity contribution in [2.24, 2.45) is 11.1 Å². The Kier molecular flexibility index (Phi) is 5.12. The van der Waals surface area contributed by atoms with E-state index in [1.165, 1.54) is 0 Å². The fraction of sp³-hybridized carbons (Fsp3) is 0.846. The maximum Gasteiger partial charge on any atom is 0.332 e. The number of carboxylic acids is 1. The van der Waals surface area contributed by atoms with Crippen LogP contribution in [0.1, 0.15) is 33.6 Å². The molecule has 0 aromatic carbocycles. The molecule has 7 heteroatoms. The molecule has 20 heavy (non-hydrogen) atoms. The molecule has 0 spiro atoms. The predicted molar refractivity (Wildman–Crippen MR) is 72.0 cm³/mol. The summed E-state index contributed by atoms with van der Waals surface area (Å²) in [6, 6.07) is 0. The summed E-state index contributed by atoms with van der Waals surface area (Å²) in [6.45, 7) is 6.28. The molecule has 0 radical (unpaired) electrons. The lowest BCUT2D eigenvalue weighted by Crippen LogP contribution is -2.75. The van der Waals surface area contributed by atoms with E-state index in [2.05, 4.69) is 5.32 Å². The first kappa shape index (κ1) is 16.9. The minimum Gasteiger partial charge on any atom is -0.479 e. The smallest absolute Gasteiger partial charge is 0.332 e.